The van der Waals surface area contributed by atoms with Crippen LogP contribution >= 0.6 is 27.5 Å². The molecular weight excluding hydrogens is 892 g/mol. The standard InChI is InChI=1S/C25H33BrN2O5.C23H29ClN2O4/c1-4-15-13-28-9-8-24-22-20(31-3)7-6-18(26)23(22)27-25(24,33-11-10-32-24)21(28)12-17(15)16(5-2)19(30)14-29;1-4-13-10-26-8-7-14-21-20(30-3)6-5-17(24)23(21)25-22(14)18(26)9-15(13)16(12-29-2)19(28)11-27/h5-7,15,17,21,27,29H,4,8-14H2,1-3H3;5-6,12-13,15,18,25,27H,4,7-11H2,1-3H3/b16-5+;16-12+/t15-,17+,21+,24+,25+;13-,15+,18+/m11/s1. The lowest BCUT2D eigenvalue weighted by atomic mass is 9.66. The zero-order valence-corrected chi connectivity index (χ0v) is 39.6. The van der Waals surface area contributed by atoms with Gasteiger partial charge >= 0.3 is 0 Å². The summed E-state index contributed by atoms with van der Waals surface area (Å²) in [5, 5.41) is 24.6. The maximum Gasteiger partial charge on any atom is 0.188 e. The number of aliphatic hydroxyl groups excluding tert-OH is 2. The predicted octanol–water partition coefficient (Wildman–Crippen LogP) is 7.32. The third-order valence-electron chi connectivity index (χ3n) is 15.1. The molecule has 9 rings (SSSR count). The fourth-order valence-corrected chi connectivity index (χ4v) is 12.9. The summed E-state index contributed by atoms with van der Waals surface area (Å²) in [6.07, 6.45) is 8.64. The smallest absolute Gasteiger partial charge is 0.188 e. The number of methoxy groups -OCH3 is 3. The Hall–Kier alpha value is -3.47. The zero-order chi connectivity index (χ0) is 44.8. The molecule has 13 nitrogen and oxygen atoms in total. The number of aromatic amines is 1. The van der Waals surface area contributed by atoms with Crippen LogP contribution in [0.1, 0.15) is 75.7 Å². The van der Waals surface area contributed by atoms with Gasteiger partial charge in [-0.2, -0.15) is 0 Å². The van der Waals surface area contributed by atoms with Crippen molar-refractivity contribution in [3.8, 4) is 11.5 Å². The van der Waals surface area contributed by atoms with Crippen molar-refractivity contribution in [2.75, 3.05) is 79.3 Å². The highest BCUT2D eigenvalue weighted by atomic mass is 79.9. The number of carbonyl (C=O) groups is 2. The van der Waals surface area contributed by atoms with E-state index in [1.807, 2.05) is 37.3 Å². The van der Waals surface area contributed by atoms with Crippen LogP contribution in [0.5, 0.6) is 11.5 Å². The Kier molecular flexibility index (Phi) is 13.7. The molecular formula is C48H62BrClN4O9. The number of fused-ring (bicyclic) bond motifs is 7. The molecule has 6 aliphatic heterocycles. The minimum atomic E-state index is -0.777. The molecule has 6 aliphatic rings. The molecule has 0 spiro atoms. The van der Waals surface area contributed by atoms with Gasteiger partial charge < -0.3 is 44.2 Å². The van der Waals surface area contributed by atoms with Crippen molar-refractivity contribution in [3.63, 3.8) is 0 Å². The first-order chi connectivity index (χ1) is 30.5. The first kappa shape index (κ1) is 46.1. The van der Waals surface area contributed by atoms with Crippen LogP contribution in [0, 0.1) is 23.7 Å². The summed E-state index contributed by atoms with van der Waals surface area (Å²) in [5.41, 5.74) is 5.19. The predicted molar refractivity (Wildman–Crippen MR) is 245 cm³/mol. The van der Waals surface area contributed by atoms with E-state index >= 15 is 0 Å². The van der Waals surface area contributed by atoms with E-state index in [9.17, 15) is 19.8 Å². The molecule has 0 bridgehead atoms. The van der Waals surface area contributed by atoms with Gasteiger partial charge in [0.05, 0.1) is 74.7 Å². The first-order valence-corrected chi connectivity index (χ1v) is 23.6. The monoisotopic (exact) mass is 952 g/mol. The Bertz CT molecular complexity index is 2280. The molecule has 1 aromatic heterocycles. The van der Waals surface area contributed by atoms with Crippen LogP contribution in [-0.2, 0) is 35.8 Å². The summed E-state index contributed by atoms with van der Waals surface area (Å²) in [6.45, 7) is 9.96. The van der Waals surface area contributed by atoms with Crippen molar-refractivity contribution in [2.24, 2.45) is 23.7 Å². The largest absolute Gasteiger partial charge is 0.504 e. The summed E-state index contributed by atoms with van der Waals surface area (Å²) in [5.74, 6) is 1.97. The highest BCUT2D eigenvalue weighted by molar-refractivity contribution is 9.10. The Labute approximate surface area is 383 Å². The molecule has 0 amide bonds. The van der Waals surface area contributed by atoms with E-state index in [1.165, 1.54) is 11.8 Å². The van der Waals surface area contributed by atoms with E-state index in [4.69, 9.17) is 35.3 Å². The van der Waals surface area contributed by atoms with Gasteiger partial charge in [0.25, 0.3) is 0 Å². The van der Waals surface area contributed by atoms with Crippen molar-refractivity contribution in [2.45, 2.75) is 82.7 Å². The number of anilines is 1. The second kappa shape index (κ2) is 18.8. The summed E-state index contributed by atoms with van der Waals surface area (Å²) in [7, 11) is 4.92. The van der Waals surface area contributed by atoms with Gasteiger partial charge in [-0.15, -0.1) is 0 Å². The zero-order valence-electron chi connectivity index (χ0n) is 37.2. The molecule has 0 aliphatic carbocycles. The molecule has 15 heteroatoms. The number of hydrogen-bond donors (Lipinski definition) is 4. The second-order valence-electron chi connectivity index (χ2n) is 17.7. The van der Waals surface area contributed by atoms with E-state index < -0.39 is 24.5 Å². The van der Waals surface area contributed by atoms with Crippen LogP contribution in [0.15, 0.2) is 52.2 Å². The van der Waals surface area contributed by atoms with Gasteiger partial charge in [0.1, 0.15) is 30.3 Å². The summed E-state index contributed by atoms with van der Waals surface area (Å²) in [6, 6.07) is 7.91. The SMILES string of the molecule is C/C=C(/C(=O)CO)[C@H]1C[C@@H]2N(CC[C@@]34OCCO[C@@]23Nc2c(Br)ccc(OC)c24)C[C@H]1CC.CC[C@@H]1CN2CCc3c([nH]c4c(Cl)ccc(OC)c34)[C@@H]2C[C@@H]1/C(=C\OC)C(=O)CO. The molecule has 342 valence electrons. The number of ether oxygens (including phenoxy) is 5. The first-order valence-electron chi connectivity index (χ1n) is 22.4. The average Bonchev–Trinajstić information content (AvgIpc) is 3.88. The molecule has 7 heterocycles. The number of allylic oxidation sites excluding steroid dienone is 1. The topological polar surface area (TPSA) is 155 Å². The summed E-state index contributed by atoms with van der Waals surface area (Å²) >= 11 is 10.2. The van der Waals surface area contributed by atoms with Gasteiger partial charge in [0.2, 0.25) is 0 Å². The van der Waals surface area contributed by atoms with Crippen LogP contribution in [-0.4, -0.2) is 122 Å². The Balaban J connectivity index is 0.000000174. The van der Waals surface area contributed by atoms with Gasteiger partial charge in [-0.3, -0.25) is 19.4 Å². The number of carbonyl (C=O) groups excluding carboxylic acids is 2. The Morgan fingerprint density at radius 2 is 1.59 bits per heavy atom. The number of Topliss-reactive ketones (excluding diaryl/α,β-unsaturated/α-hetero) is 2. The number of ketones is 2. The summed E-state index contributed by atoms with van der Waals surface area (Å²) < 4.78 is 31.0. The molecule has 4 N–H and O–H groups in total. The molecule has 0 saturated carbocycles. The van der Waals surface area contributed by atoms with Crippen LogP contribution in [0.3, 0.4) is 0 Å². The van der Waals surface area contributed by atoms with E-state index in [-0.39, 0.29) is 35.5 Å². The number of H-pyrrole nitrogens is 1. The van der Waals surface area contributed by atoms with E-state index in [1.54, 1.807) is 21.3 Å². The normalized spacial score (nSPS) is 30.3. The van der Waals surface area contributed by atoms with Gasteiger partial charge in [0.15, 0.2) is 17.3 Å². The van der Waals surface area contributed by atoms with Crippen molar-refractivity contribution in [3.05, 3.63) is 74.1 Å². The van der Waals surface area contributed by atoms with Crippen molar-refractivity contribution in [1.82, 2.24) is 14.8 Å². The van der Waals surface area contributed by atoms with Crippen molar-refractivity contribution in [1.29, 1.82) is 0 Å². The maximum absolute atomic E-state index is 12.7. The van der Waals surface area contributed by atoms with Crippen molar-refractivity contribution < 1.29 is 43.5 Å². The molecule has 0 radical (unpaired) electrons. The third-order valence-corrected chi connectivity index (χ3v) is 16.1. The lowest BCUT2D eigenvalue weighted by molar-refractivity contribution is -0.297. The van der Waals surface area contributed by atoms with Crippen LogP contribution < -0.4 is 14.8 Å². The van der Waals surface area contributed by atoms with Gasteiger partial charge in [-0.25, -0.2) is 0 Å². The number of nitrogens with zero attached hydrogens (tertiary/aromatic N) is 2. The molecule has 8 atom stereocenters. The highest BCUT2D eigenvalue weighted by Crippen LogP contribution is 2.63. The number of aromatic nitrogens is 1. The Morgan fingerprint density at radius 3 is 2.25 bits per heavy atom. The molecule has 0 unspecified atom stereocenters. The number of hydrogen-bond acceptors (Lipinski definition) is 12. The van der Waals surface area contributed by atoms with Gasteiger partial charge in [0, 0.05) is 47.3 Å². The summed E-state index contributed by atoms with van der Waals surface area (Å²) in [4.78, 5) is 33.8. The molecule has 4 saturated heterocycles. The lowest BCUT2D eigenvalue weighted by Gasteiger charge is -2.61. The van der Waals surface area contributed by atoms with Gasteiger partial charge in [-0.1, -0.05) is 44.4 Å². The number of piperidine rings is 3. The van der Waals surface area contributed by atoms with Crippen LogP contribution in [0.25, 0.3) is 10.9 Å². The molecule has 3 aromatic rings. The fraction of sp³-hybridized carbons (Fsp3) is 0.583. The highest BCUT2D eigenvalue weighted by Gasteiger charge is 2.71. The fourth-order valence-electron chi connectivity index (χ4n) is 12.2. The number of nitrogens with one attached hydrogen (secondary N) is 2. The lowest BCUT2D eigenvalue weighted by Crippen LogP contribution is -2.75. The van der Waals surface area contributed by atoms with Crippen LogP contribution in [0.2, 0.25) is 5.02 Å². The second-order valence-corrected chi connectivity index (χ2v) is 18.9. The quantitative estimate of drug-likeness (QED) is 0.113. The minimum Gasteiger partial charge on any atom is -0.504 e. The van der Waals surface area contributed by atoms with Crippen LogP contribution in [0.4, 0.5) is 5.69 Å². The molecule has 2 aromatic carbocycles. The number of benzene rings is 2. The number of halogens is 2. The third kappa shape index (κ3) is 7.54. The average molecular weight is 954 g/mol. The Morgan fingerprint density at radius 1 is 0.921 bits per heavy atom. The number of rotatable bonds is 11. The molecule has 63 heavy (non-hydrogen) atoms. The molecule has 4 fully saturated rings. The van der Waals surface area contributed by atoms with E-state index in [2.05, 4.69) is 49.9 Å². The number of aliphatic hydroxyl groups is 2. The minimum absolute atomic E-state index is 0.00444. The maximum atomic E-state index is 12.7. The van der Waals surface area contributed by atoms with Crippen molar-refractivity contribution >= 4 is 55.7 Å². The van der Waals surface area contributed by atoms with E-state index in [0.717, 1.165) is 114 Å². The van der Waals surface area contributed by atoms with Gasteiger partial charge in [-0.05, 0) is 108 Å². The van der Waals surface area contributed by atoms with E-state index in [0.29, 0.717) is 35.6 Å².